The highest BCUT2D eigenvalue weighted by molar-refractivity contribution is 5.97. The maximum Gasteiger partial charge on any atom is 0.251 e. The molecule has 0 aromatic heterocycles. The van der Waals surface area contributed by atoms with Crippen LogP contribution >= 0.6 is 0 Å². The van der Waals surface area contributed by atoms with Gasteiger partial charge in [0.15, 0.2) is 0 Å². The number of amides is 2. The Balaban J connectivity index is 1.71. The molecule has 1 aromatic carbocycles. The molecule has 0 spiro atoms. The first kappa shape index (κ1) is 12.2. The molecule has 2 N–H and O–H groups in total. The maximum absolute atomic E-state index is 12.2. The minimum atomic E-state index is -0.380. The van der Waals surface area contributed by atoms with Crippen molar-refractivity contribution in [1.29, 1.82) is 0 Å². The lowest BCUT2D eigenvalue weighted by atomic mass is 10.0. The Morgan fingerprint density at radius 1 is 1.21 bits per heavy atom. The van der Waals surface area contributed by atoms with Crippen LogP contribution in [0.4, 0.5) is 0 Å². The van der Waals surface area contributed by atoms with Crippen LogP contribution in [0, 0.1) is 0 Å². The third-order valence-corrected chi connectivity index (χ3v) is 3.95. The highest BCUT2D eigenvalue weighted by atomic mass is 16.2. The molecular formula is C15H18N2O2. The predicted octanol–water partition coefficient (Wildman–Crippen LogP) is 1.18. The van der Waals surface area contributed by atoms with E-state index >= 15 is 0 Å². The monoisotopic (exact) mass is 258 g/mol. The topological polar surface area (TPSA) is 58.2 Å². The molecule has 19 heavy (non-hydrogen) atoms. The summed E-state index contributed by atoms with van der Waals surface area (Å²) in [6.07, 6.45) is 4.98. The van der Waals surface area contributed by atoms with Crippen molar-refractivity contribution in [3.05, 3.63) is 34.9 Å². The number of hydrogen-bond acceptors (Lipinski definition) is 2. The van der Waals surface area contributed by atoms with Crippen LogP contribution in [0.3, 0.4) is 0 Å². The van der Waals surface area contributed by atoms with Crippen molar-refractivity contribution in [2.75, 3.05) is 6.54 Å². The smallest absolute Gasteiger partial charge is 0.251 e. The molecule has 0 radical (unpaired) electrons. The number of hydrogen-bond donors (Lipinski definition) is 2. The number of piperidine rings is 1. The Morgan fingerprint density at radius 2 is 2.05 bits per heavy atom. The molecule has 0 bridgehead atoms. The van der Waals surface area contributed by atoms with E-state index in [4.69, 9.17) is 0 Å². The molecule has 1 aliphatic heterocycles. The molecule has 0 saturated carbocycles. The quantitative estimate of drug-likeness (QED) is 0.837. The summed E-state index contributed by atoms with van der Waals surface area (Å²) in [7, 11) is 0. The predicted molar refractivity (Wildman–Crippen MR) is 72.0 cm³/mol. The molecule has 2 aliphatic rings. The SMILES string of the molecule is O=C(NC1CCCNC1=O)c1ccc2c(c1)CCC2. The fourth-order valence-corrected chi connectivity index (χ4v) is 2.86. The van der Waals surface area contributed by atoms with Crippen LogP contribution in [0.15, 0.2) is 18.2 Å². The van der Waals surface area contributed by atoms with Crippen molar-refractivity contribution in [3.63, 3.8) is 0 Å². The molecule has 1 atom stereocenters. The van der Waals surface area contributed by atoms with Crippen molar-refractivity contribution < 1.29 is 9.59 Å². The molecule has 1 heterocycles. The van der Waals surface area contributed by atoms with Gasteiger partial charge < -0.3 is 10.6 Å². The Labute approximate surface area is 112 Å². The van der Waals surface area contributed by atoms with Crippen LogP contribution in [0.2, 0.25) is 0 Å². The lowest BCUT2D eigenvalue weighted by molar-refractivity contribution is -0.124. The van der Waals surface area contributed by atoms with Crippen molar-refractivity contribution >= 4 is 11.8 Å². The van der Waals surface area contributed by atoms with Crippen molar-refractivity contribution in [3.8, 4) is 0 Å². The highest BCUT2D eigenvalue weighted by Gasteiger charge is 2.24. The average molecular weight is 258 g/mol. The van der Waals surface area contributed by atoms with Gasteiger partial charge in [0, 0.05) is 12.1 Å². The van der Waals surface area contributed by atoms with Gasteiger partial charge in [-0.1, -0.05) is 6.07 Å². The first-order valence-corrected chi connectivity index (χ1v) is 6.94. The average Bonchev–Trinajstić information content (AvgIpc) is 2.88. The summed E-state index contributed by atoms with van der Waals surface area (Å²) in [6, 6.07) is 5.49. The van der Waals surface area contributed by atoms with E-state index in [9.17, 15) is 9.59 Å². The molecule has 4 heteroatoms. The summed E-state index contributed by atoms with van der Waals surface area (Å²) >= 11 is 0. The minimum absolute atomic E-state index is 0.0687. The molecule has 2 amide bonds. The minimum Gasteiger partial charge on any atom is -0.354 e. The number of benzene rings is 1. The van der Waals surface area contributed by atoms with Crippen LogP contribution in [-0.4, -0.2) is 24.4 Å². The molecule has 1 saturated heterocycles. The van der Waals surface area contributed by atoms with E-state index in [1.807, 2.05) is 18.2 Å². The first-order chi connectivity index (χ1) is 9.24. The van der Waals surface area contributed by atoms with Gasteiger partial charge in [-0.2, -0.15) is 0 Å². The maximum atomic E-state index is 12.2. The van der Waals surface area contributed by atoms with Crippen LogP contribution in [0.1, 0.15) is 40.7 Å². The summed E-state index contributed by atoms with van der Waals surface area (Å²) in [5, 5.41) is 5.60. The summed E-state index contributed by atoms with van der Waals surface area (Å²) in [5.74, 6) is -0.211. The van der Waals surface area contributed by atoms with Gasteiger partial charge >= 0.3 is 0 Å². The van der Waals surface area contributed by atoms with Crippen molar-refractivity contribution in [2.45, 2.75) is 38.1 Å². The number of aryl methyl sites for hydroxylation is 2. The summed E-state index contributed by atoms with van der Waals surface area (Å²) in [5.41, 5.74) is 3.30. The van der Waals surface area contributed by atoms with Gasteiger partial charge in [-0.05, 0) is 55.4 Å². The second-order valence-corrected chi connectivity index (χ2v) is 5.30. The van der Waals surface area contributed by atoms with Crippen LogP contribution in [-0.2, 0) is 17.6 Å². The molecule has 1 aromatic rings. The lowest BCUT2D eigenvalue weighted by Crippen LogP contribution is -2.50. The van der Waals surface area contributed by atoms with Gasteiger partial charge in [0.25, 0.3) is 5.91 Å². The van der Waals surface area contributed by atoms with Gasteiger partial charge in [0.2, 0.25) is 5.91 Å². The third-order valence-electron chi connectivity index (χ3n) is 3.95. The van der Waals surface area contributed by atoms with Gasteiger partial charge in [0.05, 0.1) is 0 Å². The van der Waals surface area contributed by atoms with E-state index < -0.39 is 0 Å². The molecular weight excluding hydrogens is 240 g/mol. The van der Waals surface area contributed by atoms with Gasteiger partial charge in [-0.25, -0.2) is 0 Å². The number of rotatable bonds is 2. The van der Waals surface area contributed by atoms with Crippen molar-refractivity contribution in [2.24, 2.45) is 0 Å². The zero-order valence-corrected chi connectivity index (χ0v) is 10.9. The van der Waals surface area contributed by atoms with E-state index in [-0.39, 0.29) is 17.9 Å². The number of fused-ring (bicyclic) bond motifs is 1. The standard InChI is InChI=1S/C15H18N2O2/c18-14(17-13-5-2-8-16-15(13)19)12-7-6-10-3-1-4-11(10)9-12/h6-7,9,13H,1-5,8H2,(H,16,19)(H,17,18). The zero-order chi connectivity index (χ0) is 13.2. The normalized spacial score (nSPS) is 21.7. The summed E-state index contributed by atoms with van der Waals surface area (Å²) in [4.78, 5) is 23.8. The molecule has 3 rings (SSSR count). The molecule has 1 aliphatic carbocycles. The first-order valence-electron chi connectivity index (χ1n) is 6.94. The van der Waals surface area contributed by atoms with Gasteiger partial charge in [-0.3, -0.25) is 9.59 Å². The van der Waals surface area contributed by atoms with E-state index in [0.29, 0.717) is 12.1 Å². The molecule has 4 nitrogen and oxygen atoms in total. The van der Waals surface area contributed by atoms with E-state index in [0.717, 1.165) is 25.7 Å². The molecule has 100 valence electrons. The summed E-state index contributed by atoms with van der Waals surface area (Å²) in [6.45, 7) is 0.712. The second kappa shape index (κ2) is 5.03. The highest BCUT2D eigenvalue weighted by Crippen LogP contribution is 2.22. The zero-order valence-electron chi connectivity index (χ0n) is 10.9. The number of carbonyl (C=O) groups excluding carboxylic acids is 2. The van der Waals surface area contributed by atoms with E-state index in [1.165, 1.54) is 17.5 Å². The Morgan fingerprint density at radius 3 is 2.89 bits per heavy atom. The van der Waals surface area contributed by atoms with Gasteiger partial charge in [0.1, 0.15) is 6.04 Å². The van der Waals surface area contributed by atoms with Crippen LogP contribution < -0.4 is 10.6 Å². The largest absolute Gasteiger partial charge is 0.354 e. The Bertz CT molecular complexity index is 525. The van der Waals surface area contributed by atoms with Gasteiger partial charge in [-0.15, -0.1) is 0 Å². The Hall–Kier alpha value is -1.84. The number of carbonyl (C=O) groups is 2. The van der Waals surface area contributed by atoms with E-state index in [1.54, 1.807) is 0 Å². The second-order valence-electron chi connectivity index (χ2n) is 5.30. The lowest BCUT2D eigenvalue weighted by Gasteiger charge is -2.22. The third kappa shape index (κ3) is 2.48. The van der Waals surface area contributed by atoms with Crippen molar-refractivity contribution in [1.82, 2.24) is 10.6 Å². The fourth-order valence-electron chi connectivity index (χ4n) is 2.86. The number of nitrogens with one attached hydrogen (secondary N) is 2. The van der Waals surface area contributed by atoms with E-state index in [2.05, 4.69) is 10.6 Å². The molecule has 1 fully saturated rings. The Kier molecular flexibility index (Phi) is 3.23. The van der Waals surface area contributed by atoms with Crippen LogP contribution in [0.25, 0.3) is 0 Å². The molecule has 1 unspecified atom stereocenters. The summed E-state index contributed by atoms with van der Waals surface area (Å²) < 4.78 is 0. The van der Waals surface area contributed by atoms with Crippen LogP contribution in [0.5, 0.6) is 0 Å². The fraction of sp³-hybridized carbons (Fsp3) is 0.467.